The number of hydrogen-bond donors (Lipinski definition) is 1. The van der Waals surface area contributed by atoms with Crippen molar-refractivity contribution in [3.05, 3.63) is 65.2 Å². The number of nitrogens with zero attached hydrogens (tertiary/aromatic N) is 1. The molecule has 6 heteroatoms. The van der Waals surface area contributed by atoms with E-state index < -0.39 is 17.8 Å². The molecule has 2 aromatic rings. The third-order valence-electron chi connectivity index (χ3n) is 6.65. The molecule has 0 aromatic heterocycles. The Morgan fingerprint density at radius 2 is 1.65 bits per heavy atom. The third kappa shape index (κ3) is 5.60. The number of halogens is 3. The van der Waals surface area contributed by atoms with E-state index in [1.54, 1.807) is 0 Å². The Morgan fingerprint density at radius 3 is 2.32 bits per heavy atom. The zero-order valence-corrected chi connectivity index (χ0v) is 17.7. The van der Waals surface area contributed by atoms with Gasteiger partial charge in [-0.25, -0.2) is 0 Å². The zero-order chi connectivity index (χ0) is 21.8. The fourth-order valence-electron chi connectivity index (χ4n) is 5.04. The molecule has 1 N–H and O–H groups in total. The summed E-state index contributed by atoms with van der Waals surface area (Å²) in [5, 5.41) is 10.7. The smallest absolute Gasteiger partial charge is 0.416 e. The Balaban J connectivity index is 1.38. The summed E-state index contributed by atoms with van der Waals surface area (Å²) < 4.78 is 43.7. The van der Waals surface area contributed by atoms with E-state index in [-0.39, 0.29) is 6.61 Å². The molecule has 0 bridgehead atoms. The molecule has 0 spiro atoms. The Morgan fingerprint density at radius 1 is 0.968 bits per heavy atom. The number of benzene rings is 2. The molecule has 2 unspecified atom stereocenters. The number of fused-ring (bicyclic) bond motifs is 1. The average molecular weight is 434 g/mol. The van der Waals surface area contributed by atoms with Crippen LogP contribution in [-0.4, -0.2) is 35.3 Å². The lowest BCUT2D eigenvalue weighted by atomic mass is 9.78. The molecule has 2 aliphatic rings. The van der Waals surface area contributed by atoms with E-state index in [2.05, 4.69) is 29.2 Å². The van der Waals surface area contributed by atoms with Crippen molar-refractivity contribution in [2.24, 2.45) is 5.92 Å². The van der Waals surface area contributed by atoms with Gasteiger partial charge in [0.05, 0.1) is 5.56 Å². The molecule has 1 aliphatic carbocycles. The van der Waals surface area contributed by atoms with Crippen LogP contribution in [0.4, 0.5) is 13.2 Å². The number of β-amino-alcohol motifs (C(OH)–C–C–N with tert-alkyl or cyclic N) is 1. The van der Waals surface area contributed by atoms with Crippen LogP contribution in [0.2, 0.25) is 0 Å². The first kappa shape index (κ1) is 22.2. The summed E-state index contributed by atoms with van der Waals surface area (Å²) in [5.41, 5.74) is 2.01. The number of aliphatic hydroxyl groups is 1. The second kappa shape index (κ2) is 9.61. The van der Waals surface area contributed by atoms with Crippen molar-refractivity contribution in [3.8, 4) is 5.75 Å². The highest BCUT2D eigenvalue weighted by molar-refractivity contribution is 5.31. The lowest BCUT2D eigenvalue weighted by Gasteiger charge is -2.43. The van der Waals surface area contributed by atoms with Crippen molar-refractivity contribution in [3.63, 3.8) is 0 Å². The summed E-state index contributed by atoms with van der Waals surface area (Å²) in [7, 11) is 0. The molecular formula is C25H30F3NO2. The SMILES string of the molecule is OC(COc1ccc(C(F)(F)F)cc1)CN1Cc2ccccc2CC1C1CCCCC1. The quantitative estimate of drug-likeness (QED) is 0.657. The Kier molecular flexibility index (Phi) is 6.87. The number of aliphatic hydroxyl groups excluding tert-OH is 1. The van der Waals surface area contributed by atoms with Crippen molar-refractivity contribution >= 4 is 0 Å². The molecule has 0 saturated heterocycles. The molecule has 4 rings (SSSR count). The van der Waals surface area contributed by atoms with Gasteiger partial charge in [-0.1, -0.05) is 43.5 Å². The van der Waals surface area contributed by atoms with Crippen LogP contribution < -0.4 is 4.74 Å². The largest absolute Gasteiger partial charge is 0.491 e. The summed E-state index contributed by atoms with van der Waals surface area (Å²) >= 11 is 0. The van der Waals surface area contributed by atoms with Gasteiger partial charge in [-0.2, -0.15) is 13.2 Å². The summed E-state index contributed by atoms with van der Waals surface area (Å²) in [6.07, 6.45) is 2.27. The lowest BCUT2D eigenvalue weighted by Crippen LogP contribution is -2.49. The number of ether oxygens (including phenoxy) is 1. The minimum absolute atomic E-state index is 0.0564. The highest BCUT2D eigenvalue weighted by atomic mass is 19.4. The highest BCUT2D eigenvalue weighted by Crippen LogP contribution is 2.35. The van der Waals surface area contributed by atoms with Crippen molar-refractivity contribution in [2.75, 3.05) is 13.2 Å². The molecule has 3 nitrogen and oxygen atoms in total. The molecule has 0 radical (unpaired) electrons. The molecule has 31 heavy (non-hydrogen) atoms. The van der Waals surface area contributed by atoms with Crippen LogP contribution in [0.1, 0.15) is 48.8 Å². The molecule has 2 atom stereocenters. The number of hydrogen-bond acceptors (Lipinski definition) is 3. The van der Waals surface area contributed by atoms with Crippen LogP contribution >= 0.6 is 0 Å². The minimum atomic E-state index is -4.36. The van der Waals surface area contributed by atoms with Gasteiger partial charge in [0.25, 0.3) is 0 Å². The molecule has 168 valence electrons. The number of rotatable bonds is 6. The summed E-state index contributed by atoms with van der Waals surface area (Å²) in [5.74, 6) is 0.977. The average Bonchev–Trinajstić information content (AvgIpc) is 2.77. The Hall–Kier alpha value is -2.05. The van der Waals surface area contributed by atoms with Crippen LogP contribution in [0, 0.1) is 5.92 Å². The maximum absolute atomic E-state index is 12.7. The van der Waals surface area contributed by atoms with Crippen molar-refractivity contribution in [1.82, 2.24) is 4.90 Å². The van der Waals surface area contributed by atoms with Gasteiger partial charge in [-0.05, 0) is 60.6 Å². The van der Waals surface area contributed by atoms with Crippen LogP contribution in [0.15, 0.2) is 48.5 Å². The predicted molar refractivity (Wildman–Crippen MR) is 114 cm³/mol. The molecule has 0 amide bonds. The van der Waals surface area contributed by atoms with Gasteiger partial charge >= 0.3 is 6.18 Å². The van der Waals surface area contributed by atoms with Gasteiger partial charge in [0, 0.05) is 19.1 Å². The van der Waals surface area contributed by atoms with Gasteiger partial charge in [-0.15, -0.1) is 0 Å². The second-order valence-electron chi connectivity index (χ2n) is 8.85. The number of alkyl halides is 3. The van der Waals surface area contributed by atoms with Crippen LogP contribution in [0.25, 0.3) is 0 Å². The second-order valence-corrected chi connectivity index (χ2v) is 8.85. The van der Waals surface area contributed by atoms with Gasteiger partial charge in [0.15, 0.2) is 0 Å². The summed E-state index contributed by atoms with van der Waals surface area (Å²) in [4.78, 5) is 2.39. The van der Waals surface area contributed by atoms with E-state index >= 15 is 0 Å². The van der Waals surface area contributed by atoms with Crippen LogP contribution in [0.5, 0.6) is 5.75 Å². The van der Waals surface area contributed by atoms with E-state index in [4.69, 9.17) is 4.74 Å². The monoisotopic (exact) mass is 433 g/mol. The predicted octanol–water partition coefficient (Wildman–Crippen LogP) is 5.45. The van der Waals surface area contributed by atoms with Gasteiger partial charge < -0.3 is 9.84 Å². The topological polar surface area (TPSA) is 32.7 Å². The van der Waals surface area contributed by atoms with E-state index in [0.29, 0.717) is 24.3 Å². The van der Waals surface area contributed by atoms with Crippen LogP contribution in [-0.2, 0) is 19.1 Å². The normalized spacial score (nSPS) is 21.5. The minimum Gasteiger partial charge on any atom is -0.491 e. The first-order chi connectivity index (χ1) is 14.9. The van der Waals surface area contributed by atoms with E-state index in [0.717, 1.165) is 25.1 Å². The van der Waals surface area contributed by atoms with Crippen LogP contribution in [0.3, 0.4) is 0 Å². The van der Waals surface area contributed by atoms with Gasteiger partial charge in [0.2, 0.25) is 0 Å². The van der Waals surface area contributed by atoms with Gasteiger partial charge in [-0.3, -0.25) is 4.90 Å². The van der Waals surface area contributed by atoms with E-state index in [1.165, 1.54) is 55.4 Å². The van der Waals surface area contributed by atoms with Gasteiger partial charge in [0.1, 0.15) is 18.5 Å². The van der Waals surface area contributed by atoms with E-state index in [9.17, 15) is 18.3 Å². The van der Waals surface area contributed by atoms with Crippen molar-refractivity contribution < 1.29 is 23.0 Å². The Bertz CT molecular complexity index is 847. The molecule has 1 saturated carbocycles. The maximum Gasteiger partial charge on any atom is 0.416 e. The molecule has 1 aliphatic heterocycles. The standard InChI is InChI=1S/C25H30F3NO2/c26-25(27,28)21-10-12-23(13-11-21)31-17-22(30)16-29-15-20-9-5-4-8-19(20)14-24(29)18-6-2-1-3-7-18/h4-5,8-13,18,22,24,30H,1-3,6-7,14-17H2. The fraction of sp³-hybridized carbons (Fsp3) is 0.520. The molecule has 1 heterocycles. The highest BCUT2D eigenvalue weighted by Gasteiger charge is 2.34. The zero-order valence-electron chi connectivity index (χ0n) is 17.7. The third-order valence-corrected chi connectivity index (χ3v) is 6.65. The fourth-order valence-corrected chi connectivity index (χ4v) is 5.04. The maximum atomic E-state index is 12.7. The molecule has 1 fully saturated rings. The summed E-state index contributed by atoms with van der Waals surface area (Å²) in [6, 6.07) is 13.6. The molecule has 2 aromatic carbocycles. The van der Waals surface area contributed by atoms with E-state index in [1.807, 2.05) is 0 Å². The lowest BCUT2D eigenvalue weighted by molar-refractivity contribution is -0.137. The summed E-state index contributed by atoms with van der Waals surface area (Å²) in [6.45, 7) is 1.37. The first-order valence-electron chi connectivity index (χ1n) is 11.2. The Labute approximate surface area is 181 Å². The first-order valence-corrected chi connectivity index (χ1v) is 11.2. The van der Waals surface area contributed by atoms with Crippen molar-refractivity contribution in [2.45, 2.75) is 63.4 Å². The van der Waals surface area contributed by atoms with Crippen molar-refractivity contribution in [1.29, 1.82) is 0 Å². The molecular weight excluding hydrogens is 403 g/mol.